The summed E-state index contributed by atoms with van der Waals surface area (Å²) in [7, 11) is -3.74. The number of nitro groups is 1. The first-order chi connectivity index (χ1) is 10.7. The zero-order valence-electron chi connectivity index (χ0n) is 12.5. The summed E-state index contributed by atoms with van der Waals surface area (Å²) < 4.78 is 36.9. The van der Waals surface area contributed by atoms with Crippen LogP contribution in [0.15, 0.2) is 41.3 Å². The van der Waals surface area contributed by atoms with Crippen LogP contribution in [0, 0.1) is 22.9 Å². The van der Waals surface area contributed by atoms with Crippen LogP contribution >= 0.6 is 0 Å². The molecule has 8 heteroatoms. The Hall–Kier alpha value is -2.48. The van der Waals surface area contributed by atoms with Gasteiger partial charge in [-0.25, -0.2) is 12.8 Å². The molecule has 6 nitrogen and oxygen atoms in total. The molecule has 0 atom stereocenters. The van der Waals surface area contributed by atoms with Crippen molar-refractivity contribution in [2.45, 2.75) is 18.4 Å². The van der Waals surface area contributed by atoms with Crippen molar-refractivity contribution >= 4 is 21.2 Å². The molecule has 0 heterocycles. The van der Waals surface area contributed by atoms with Crippen molar-refractivity contribution in [3.63, 3.8) is 0 Å². The lowest BCUT2D eigenvalue weighted by Crippen LogP contribution is -2.08. The fourth-order valence-corrected chi connectivity index (χ4v) is 2.96. The molecule has 0 aliphatic rings. The number of halogens is 1. The topological polar surface area (TPSA) is 89.3 Å². The second kappa shape index (κ2) is 6.33. The number of hydrogen-bond donors (Lipinski definition) is 1. The first-order valence-corrected chi connectivity index (χ1v) is 8.55. The van der Waals surface area contributed by atoms with Crippen LogP contribution in [0.1, 0.15) is 11.1 Å². The summed E-state index contributed by atoms with van der Waals surface area (Å²) in [5, 5.41) is 14.0. The van der Waals surface area contributed by atoms with Crippen molar-refractivity contribution in [1.29, 1.82) is 0 Å². The SMILES string of the molecule is Cc1ccc(CNc2cccc(S(C)(=O)=O)c2[N+](=O)[O-])cc1F. The van der Waals surface area contributed by atoms with E-state index >= 15 is 0 Å². The highest BCUT2D eigenvalue weighted by Crippen LogP contribution is 2.32. The van der Waals surface area contributed by atoms with E-state index in [-0.39, 0.29) is 22.9 Å². The number of anilines is 1. The first-order valence-electron chi connectivity index (χ1n) is 6.66. The van der Waals surface area contributed by atoms with Crippen molar-refractivity contribution in [1.82, 2.24) is 0 Å². The Labute approximate surface area is 133 Å². The molecule has 122 valence electrons. The van der Waals surface area contributed by atoms with Gasteiger partial charge in [-0.05, 0) is 36.2 Å². The Morgan fingerprint density at radius 1 is 1.26 bits per heavy atom. The monoisotopic (exact) mass is 338 g/mol. The van der Waals surface area contributed by atoms with E-state index in [9.17, 15) is 22.9 Å². The van der Waals surface area contributed by atoms with Gasteiger partial charge in [0.15, 0.2) is 9.84 Å². The number of nitro benzene ring substituents is 1. The second-order valence-electron chi connectivity index (χ2n) is 5.12. The van der Waals surface area contributed by atoms with Crippen LogP contribution in [0.2, 0.25) is 0 Å². The van der Waals surface area contributed by atoms with E-state index in [2.05, 4.69) is 5.32 Å². The van der Waals surface area contributed by atoms with Crippen LogP contribution in [-0.2, 0) is 16.4 Å². The van der Waals surface area contributed by atoms with E-state index in [0.29, 0.717) is 11.1 Å². The first kappa shape index (κ1) is 16.9. The normalized spacial score (nSPS) is 11.3. The number of nitrogens with zero attached hydrogens (tertiary/aromatic N) is 1. The van der Waals surface area contributed by atoms with Crippen molar-refractivity contribution in [3.05, 3.63) is 63.5 Å². The second-order valence-corrected chi connectivity index (χ2v) is 7.10. The Bertz CT molecular complexity index is 866. The Morgan fingerprint density at radius 2 is 1.96 bits per heavy atom. The summed E-state index contributed by atoms with van der Waals surface area (Å²) in [4.78, 5) is 10.1. The molecule has 0 amide bonds. The van der Waals surface area contributed by atoms with Crippen LogP contribution in [0.4, 0.5) is 15.8 Å². The van der Waals surface area contributed by atoms with Crippen LogP contribution in [0.3, 0.4) is 0 Å². The van der Waals surface area contributed by atoms with E-state index < -0.39 is 20.4 Å². The average molecular weight is 338 g/mol. The number of para-hydroxylation sites is 1. The number of hydrogen-bond acceptors (Lipinski definition) is 5. The summed E-state index contributed by atoms with van der Waals surface area (Å²) in [6.45, 7) is 1.76. The number of sulfone groups is 1. The molecule has 2 aromatic rings. The molecule has 2 rings (SSSR count). The third kappa shape index (κ3) is 3.84. The molecule has 0 saturated heterocycles. The maximum Gasteiger partial charge on any atom is 0.310 e. The van der Waals surface area contributed by atoms with E-state index in [0.717, 1.165) is 6.26 Å². The Kier molecular flexibility index (Phi) is 4.65. The summed E-state index contributed by atoms with van der Waals surface area (Å²) in [5.41, 5.74) is 0.646. The van der Waals surface area contributed by atoms with Crippen molar-refractivity contribution in [3.8, 4) is 0 Å². The molecule has 0 aliphatic carbocycles. The minimum atomic E-state index is -3.74. The van der Waals surface area contributed by atoms with Crippen molar-refractivity contribution in [2.75, 3.05) is 11.6 Å². The molecule has 0 aromatic heterocycles. The van der Waals surface area contributed by atoms with Crippen LogP contribution in [0.5, 0.6) is 0 Å². The standard InChI is InChI=1S/C15H15FN2O4S/c1-10-6-7-11(8-12(10)16)9-17-13-4-3-5-14(23(2,21)22)15(13)18(19)20/h3-8,17H,9H2,1-2H3. The van der Waals surface area contributed by atoms with E-state index in [4.69, 9.17) is 0 Å². The van der Waals surface area contributed by atoms with Gasteiger partial charge in [0.1, 0.15) is 16.4 Å². The van der Waals surface area contributed by atoms with Crippen LogP contribution in [0.25, 0.3) is 0 Å². The third-order valence-corrected chi connectivity index (χ3v) is 4.43. The number of aryl methyl sites for hydroxylation is 1. The van der Waals surface area contributed by atoms with Gasteiger partial charge in [0.05, 0.1) is 4.92 Å². The zero-order chi connectivity index (χ0) is 17.2. The molecule has 0 unspecified atom stereocenters. The van der Waals surface area contributed by atoms with Gasteiger partial charge >= 0.3 is 5.69 Å². The summed E-state index contributed by atoms with van der Waals surface area (Å²) in [6.07, 6.45) is 0.911. The Morgan fingerprint density at radius 3 is 2.52 bits per heavy atom. The fraction of sp³-hybridized carbons (Fsp3) is 0.200. The highest BCUT2D eigenvalue weighted by Gasteiger charge is 2.25. The van der Waals surface area contributed by atoms with Gasteiger partial charge in [-0.1, -0.05) is 18.2 Å². The van der Waals surface area contributed by atoms with Crippen molar-refractivity contribution < 1.29 is 17.7 Å². The van der Waals surface area contributed by atoms with Crippen molar-refractivity contribution in [2.24, 2.45) is 0 Å². The molecule has 0 spiro atoms. The van der Waals surface area contributed by atoms with Gasteiger partial charge < -0.3 is 5.32 Å². The molecule has 1 N–H and O–H groups in total. The molecular formula is C15H15FN2O4S. The molecule has 2 aromatic carbocycles. The minimum Gasteiger partial charge on any atom is -0.375 e. The summed E-state index contributed by atoms with van der Waals surface area (Å²) in [6, 6.07) is 8.64. The smallest absolute Gasteiger partial charge is 0.310 e. The third-order valence-electron chi connectivity index (χ3n) is 3.30. The summed E-state index contributed by atoms with van der Waals surface area (Å²) in [5.74, 6) is -0.372. The quantitative estimate of drug-likeness (QED) is 0.668. The zero-order valence-corrected chi connectivity index (χ0v) is 13.4. The van der Waals surface area contributed by atoms with Gasteiger partial charge in [-0.3, -0.25) is 10.1 Å². The maximum atomic E-state index is 13.5. The largest absolute Gasteiger partial charge is 0.375 e. The molecule has 0 fully saturated rings. The average Bonchev–Trinajstić information content (AvgIpc) is 2.47. The Balaban J connectivity index is 2.36. The predicted octanol–water partition coefficient (Wildman–Crippen LogP) is 3.06. The minimum absolute atomic E-state index is 0.0684. The van der Waals surface area contributed by atoms with E-state index in [1.54, 1.807) is 19.1 Å². The van der Waals surface area contributed by atoms with E-state index in [1.807, 2.05) is 0 Å². The lowest BCUT2D eigenvalue weighted by Gasteiger charge is -2.10. The number of nitrogens with one attached hydrogen (secondary N) is 1. The van der Waals surface area contributed by atoms with Gasteiger partial charge in [-0.2, -0.15) is 0 Å². The number of rotatable bonds is 5. The van der Waals surface area contributed by atoms with E-state index in [1.165, 1.54) is 24.3 Å². The lowest BCUT2D eigenvalue weighted by atomic mass is 10.1. The van der Waals surface area contributed by atoms with Gasteiger partial charge in [0.25, 0.3) is 0 Å². The maximum absolute atomic E-state index is 13.5. The lowest BCUT2D eigenvalue weighted by molar-refractivity contribution is -0.386. The number of benzene rings is 2. The molecule has 0 saturated carbocycles. The molecule has 0 radical (unpaired) electrons. The highest BCUT2D eigenvalue weighted by molar-refractivity contribution is 7.90. The fourth-order valence-electron chi connectivity index (χ4n) is 2.10. The molecule has 23 heavy (non-hydrogen) atoms. The highest BCUT2D eigenvalue weighted by atomic mass is 32.2. The van der Waals surface area contributed by atoms with Crippen LogP contribution in [-0.4, -0.2) is 19.6 Å². The molecular weight excluding hydrogens is 323 g/mol. The van der Waals surface area contributed by atoms with Gasteiger partial charge in [0.2, 0.25) is 0 Å². The van der Waals surface area contributed by atoms with Crippen LogP contribution < -0.4 is 5.32 Å². The summed E-state index contributed by atoms with van der Waals surface area (Å²) >= 11 is 0. The molecule has 0 aliphatic heterocycles. The van der Waals surface area contributed by atoms with Gasteiger partial charge in [0, 0.05) is 12.8 Å². The molecule has 0 bridgehead atoms. The predicted molar refractivity (Wildman–Crippen MR) is 84.7 cm³/mol. The van der Waals surface area contributed by atoms with Gasteiger partial charge in [-0.15, -0.1) is 0 Å².